The predicted octanol–water partition coefficient (Wildman–Crippen LogP) is 1.61. The van der Waals surface area contributed by atoms with Gasteiger partial charge in [-0.1, -0.05) is 11.6 Å². The molecule has 1 aromatic carbocycles. The molecule has 0 fully saturated rings. The standard InChI is InChI=1S/C10H14ClNO3S/c1-12(7-8-15-2)16(13,14)10-5-3-9(11)4-6-10/h3-6H,7-8H2,1-2H3. The fraction of sp³-hybridized carbons (Fsp3) is 0.400. The highest BCUT2D eigenvalue weighted by atomic mass is 35.5. The Morgan fingerprint density at radius 2 is 1.88 bits per heavy atom. The molecule has 6 heteroatoms. The van der Waals surface area contributed by atoms with Gasteiger partial charge in [0.05, 0.1) is 11.5 Å². The van der Waals surface area contributed by atoms with Gasteiger partial charge in [0.15, 0.2) is 0 Å². The van der Waals surface area contributed by atoms with Gasteiger partial charge in [0, 0.05) is 25.7 Å². The first-order valence-electron chi connectivity index (χ1n) is 4.69. The molecule has 0 radical (unpaired) electrons. The summed E-state index contributed by atoms with van der Waals surface area (Å²) in [6.07, 6.45) is 0. The van der Waals surface area contributed by atoms with Crippen molar-refractivity contribution >= 4 is 21.6 Å². The van der Waals surface area contributed by atoms with Gasteiger partial charge in [-0.3, -0.25) is 0 Å². The minimum absolute atomic E-state index is 0.232. The quantitative estimate of drug-likeness (QED) is 0.811. The van der Waals surface area contributed by atoms with E-state index in [9.17, 15) is 8.42 Å². The molecule has 0 N–H and O–H groups in total. The number of hydrogen-bond acceptors (Lipinski definition) is 3. The third kappa shape index (κ3) is 3.18. The maximum Gasteiger partial charge on any atom is 0.242 e. The van der Waals surface area contributed by atoms with Gasteiger partial charge in [0.25, 0.3) is 0 Å². The van der Waals surface area contributed by atoms with Crippen LogP contribution in [0.25, 0.3) is 0 Å². The zero-order chi connectivity index (χ0) is 12.2. The normalized spacial score (nSPS) is 12.0. The van der Waals surface area contributed by atoms with E-state index in [2.05, 4.69) is 0 Å². The summed E-state index contributed by atoms with van der Waals surface area (Å²) in [5.41, 5.74) is 0. The second-order valence-electron chi connectivity index (χ2n) is 3.27. The smallest absolute Gasteiger partial charge is 0.242 e. The molecule has 0 aromatic heterocycles. The lowest BCUT2D eigenvalue weighted by Gasteiger charge is -2.16. The molecule has 0 aliphatic heterocycles. The molecule has 1 aromatic rings. The topological polar surface area (TPSA) is 46.6 Å². The largest absolute Gasteiger partial charge is 0.383 e. The van der Waals surface area contributed by atoms with E-state index in [1.807, 2.05) is 0 Å². The minimum Gasteiger partial charge on any atom is -0.383 e. The lowest BCUT2D eigenvalue weighted by Crippen LogP contribution is -2.30. The minimum atomic E-state index is -3.43. The van der Waals surface area contributed by atoms with E-state index in [4.69, 9.17) is 16.3 Å². The Labute approximate surface area is 101 Å². The number of rotatable bonds is 5. The van der Waals surface area contributed by atoms with Crippen molar-refractivity contribution < 1.29 is 13.2 Å². The second kappa shape index (κ2) is 5.63. The van der Waals surface area contributed by atoms with Crippen molar-refractivity contribution in [3.8, 4) is 0 Å². The van der Waals surface area contributed by atoms with Crippen LogP contribution in [0.15, 0.2) is 29.2 Å². The molecular weight excluding hydrogens is 250 g/mol. The van der Waals surface area contributed by atoms with Crippen molar-refractivity contribution in [1.82, 2.24) is 4.31 Å². The Balaban J connectivity index is 2.89. The van der Waals surface area contributed by atoms with Gasteiger partial charge < -0.3 is 4.74 Å². The number of methoxy groups -OCH3 is 1. The number of ether oxygens (including phenoxy) is 1. The van der Waals surface area contributed by atoms with Crippen LogP contribution in [0.3, 0.4) is 0 Å². The van der Waals surface area contributed by atoms with Crippen LogP contribution in [0.5, 0.6) is 0 Å². The summed E-state index contributed by atoms with van der Waals surface area (Å²) >= 11 is 5.70. The highest BCUT2D eigenvalue weighted by Gasteiger charge is 2.19. The van der Waals surface area contributed by atoms with E-state index >= 15 is 0 Å². The van der Waals surface area contributed by atoms with Crippen LogP contribution in [0, 0.1) is 0 Å². The molecule has 90 valence electrons. The maximum absolute atomic E-state index is 12.0. The van der Waals surface area contributed by atoms with Gasteiger partial charge in [0.1, 0.15) is 0 Å². The average Bonchev–Trinajstić information content (AvgIpc) is 2.26. The number of benzene rings is 1. The van der Waals surface area contributed by atoms with Crippen LogP contribution in [0.2, 0.25) is 5.02 Å². The molecule has 0 saturated heterocycles. The summed E-state index contributed by atoms with van der Waals surface area (Å²) in [4.78, 5) is 0.232. The second-order valence-corrected chi connectivity index (χ2v) is 5.75. The van der Waals surface area contributed by atoms with E-state index < -0.39 is 10.0 Å². The molecule has 0 bridgehead atoms. The molecule has 1 rings (SSSR count). The first-order valence-corrected chi connectivity index (χ1v) is 6.51. The van der Waals surface area contributed by atoms with Crippen LogP contribution in [0.1, 0.15) is 0 Å². The molecule has 0 heterocycles. The fourth-order valence-corrected chi connectivity index (χ4v) is 2.41. The first kappa shape index (κ1) is 13.4. The Hall–Kier alpha value is -0.620. The number of halogens is 1. The molecule has 0 aliphatic carbocycles. The Kier molecular flexibility index (Phi) is 4.73. The zero-order valence-electron chi connectivity index (χ0n) is 9.18. The number of hydrogen-bond donors (Lipinski definition) is 0. The molecule has 16 heavy (non-hydrogen) atoms. The Bertz CT molecular complexity index is 430. The van der Waals surface area contributed by atoms with Crippen molar-refractivity contribution in [2.75, 3.05) is 27.3 Å². The van der Waals surface area contributed by atoms with Gasteiger partial charge in [-0.2, -0.15) is 4.31 Å². The van der Waals surface area contributed by atoms with Crippen molar-refractivity contribution in [3.05, 3.63) is 29.3 Å². The molecule has 4 nitrogen and oxygen atoms in total. The summed E-state index contributed by atoms with van der Waals surface area (Å²) in [6.45, 7) is 0.685. The third-order valence-electron chi connectivity index (χ3n) is 2.13. The summed E-state index contributed by atoms with van der Waals surface area (Å²) in [5, 5.41) is 0.512. The van der Waals surface area contributed by atoms with Gasteiger partial charge >= 0.3 is 0 Å². The number of likely N-dealkylation sites (N-methyl/N-ethyl adjacent to an activating group) is 1. The lowest BCUT2D eigenvalue weighted by molar-refractivity contribution is 0.185. The summed E-state index contributed by atoms with van der Waals surface area (Å²) < 4.78 is 30.0. The lowest BCUT2D eigenvalue weighted by atomic mass is 10.4. The maximum atomic E-state index is 12.0. The Morgan fingerprint density at radius 3 is 2.38 bits per heavy atom. The van der Waals surface area contributed by atoms with Crippen LogP contribution >= 0.6 is 11.6 Å². The monoisotopic (exact) mass is 263 g/mol. The first-order chi connectivity index (χ1) is 7.48. The zero-order valence-corrected chi connectivity index (χ0v) is 10.8. The highest BCUT2D eigenvalue weighted by Crippen LogP contribution is 2.17. The fourth-order valence-electron chi connectivity index (χ4n) is 1.13. The van der Waals surface area contributed by atoms with Crippen molar-refractivity contribution in [2.24, 2.45) is 0 Å². The summed E-state index contributed by atoms with van der Waals surface area (Å²) in [5.74, 6) is 0. The van der Waals surface area contributed by atoms with Gasteiger partial charge in [0.2, 0.25) is 10.0 Å². The molecule has 0 saturated carbocycles. The molecule has 0 aliphatic rings. The van der Waals surface area contributed by atoms with E-state index in [-0.39, 0.29) is 4.90 Å². The summed E-state index contributed by atoms with van der Waals surface area (Å²) in [7, 11) is -0.386. The molecule has 0 spiro atoms. The highest BCUT2D eigenvalue weighted by molar-refractivity contribution is 7.89. The van der Waals surface area contributed by atoms with Gasteiger partial charge in [-0.25, -0.2) is 8.42 Å². The van der Waals surface area contributed by atoms with Crippen molar-refractivity contribution in [1.29, 1.82) is 0 Å². The van der Waals surface area contributed by atoms with Crippen LogP contribution in [-0.4, -0.2) is 40.0 Å². The van der Waals surface area contributed by atoms with Gasteiger partial charge in [-0.15, -0.1) is 0 Å². The van der Waals surface area contributed by atoms with Crippen LogP contribution in [-0.2, 0) is 14.8 Å². The van der Waals surface area contributed by atoms with E-state index in [1.54, 1.807) is 12.1 Å². The van der Waals surface area contributed by atoms with Crippen molar-refractivity contribution in [2.45, 2.75) is 4.90 Å². The number of nitrogens with zero attached hydrogens (tertiary/aromatic N) is 1. The summed E-state index contributed by atoms with van der Waals surface area (Å²) in [6, 6.07) is 6.08. The van der Waals surface area contributed by atoms with Gasteiger partial charge in [-0.05, 0) is 24.3 Å². The SMILES string of the molecule is COCCN(C)S(=O)(=O)c1ccc(Cl)cc1. The van der Waals surface area contributed by atoms with Crippen molar-refractivity contribution in [3.63, 3.8) is 0 Å². The number of sulfonamides is 1. The van der Waals surface area contributed by atoms with E-state index in [0.717, 1.165) is 0 Å². The average molecular weight is 264 g/mol. The third-order valence-corrected chi connectivity index (χ3v) is 4.26. The molecule has 0 amide bonds. The molecule has 0 atom stereocenters. The van der Waals surface area contributed by atoms with E-state index in [1.165, 1.54) is 30.6 Å². The predicted molar refractivity (Wildman–Crippen MR) is 63.1 cm³/mol. The molecule has 0 unspecified atom stereocenters. The van der Waals surface area contributed by atoms with Crippen LogP contribution in [0.4, 0.5) is 0 Å². The Morgan fingerprint density at radius 1 is 1.31 bits per heavy atom. The molecular formula is C10H14ClNO3S. The van der Waals surface area contributed by atoms with E-state index in [0.29, 0.717) is 18.2 Å². The van der Waals surface area contributed by atoms with Crippen LogP contribution < -0.4 is 0 Å².